The first-order chi connectivity index (χ1) is 8.91. The Bertz CT molecular complexity index is 512. The van der Waals surface area contributed by atoms with Crippen molar-refractivity contribution in [2.24, 2.45) is 0 Å². The van der Waals surface area contributed by atoms with E-state index in [0.29, 0.717) is 6.61 Å². The van der Waals surface area contributed by atoms with E-state index in [4.69, 9.17) is 4.43 Å². The fraction of sp³-hybridized carbons (Fsp3) is 0.667. The second-order valence-corrected chi connectivity index (χ2v) is 18.2. The normalized spacial score (nSPS) is 13.0. The molecule has 0 amide bonds. The molecule has 1 heterocycles. The highest BCUT2D eigenvalue weighted by Crippen LogP contribution is 2.37. The number of hydrogen-bond donors (Lipinski definition) is 0. The number of thiazole rings is 1. The number of rotatable bonds is 3. The first kappa shape index (κ1) is 17.6. The largest absolute Gasteiger partial charge is 0.410 e. The summed E-state index contributed by atoms with van der Waals surface area (Å²) in [7, 11) is -3.01. The van der Waals surface area contributed by atoms with Gasteiger partial charge in [-0.3, -0.25) is 0 Å². The summed E-state index contributed by atoms with van der Waals surface area (Å²) >= 11 is 1.65. The van der Waals surface area contributed by atoms with E-state index in [1.54, 1.807) is 11.3 Å². The van der Waals surface area contributed by atoms with Crippen molar-refractivity contribution < 1.29 is 4.43 Å². The van der Waals surface area contributed by atoms with Crippen LogP contribution in [0.3, 0.4) is 0 Å². The van der Waals surface area contributed by atoms with Gasteiger partial charge in [0.25, 0.3) is 0 Å². The summed E-state index contributed by atoms with van der Waals surface area (Å²) in [6, 6.07) is 0. The van der Waals surface area contributed by atoms with E-state index in [1.807, 2.05) is 5.38 Å². The molecule has 2 nitrogen and oxygen atoms in total. The Kier molecular flexibility index (Phi) is 5.42. The highest BCUT2D eigenvalue weighted by Gasteiger charge is 2.37. The average molecular weight is 326 g/mol. The molecule has 1 aromatic heterocycles. The van der Waals surface area contributed by atoms with Crippen LogP contribution in [0.25, 0.3) is 0 Å². The van der Waals surface area contributed by atoms with Gasteiger partial charge in [-0.25, -0.2) is 4.98 Å². The average Bonchev–Trinajstić information content (AvgIpc) is 2.69. The molecule has 0 aliphatic rings. The van der Waals surface area contributed by atoms with Gasteiger partial charge in [-0.15, -0.1) is 16.9 Å². The summed E-state index contributed by atoms with van der Waals surface area (Å²) < 4.78 is 6.19. The standard InChI is InChI=1S/C15H27NOSSi2/c1-15(2,3)20(7,8)17-11-14-16-13(12-18-14)9-10-19(4,5)6/h12H,11H2,1-8H3. The Morgan fingerprint density at radius 2 is 1.80 bits per heavy atom. The van der Waals surface area contributed by atoms with Crippen molar-refractivity contribution in [3.8, 4) is 11.5 Å². The lowest BCUT2D eigenvalue weighted by molar-refractivity contribution is 0.276. The Hall–Kier alpha value is -0.416. The molecular formula is C15H27NOSSi2. The number of aromatic nitrogens is 1. The van der Waals surface area contributed by atoms with Crippen molar-refractivity contribution in [1.29, 1.82) is 0 Å². The van der Waals surface area contributed by atoms with Gasteiger partial charge in [-0.2, -0.15) is 0 Å². The van der Waals surface area contributed by atoms with Crippen molar-refractivity contribution >= 4 is 27.7 Å². The number of nitrogens with zero attached hydrogens (tertiary/aromatic N) is 1. The van der Waals surface area contributed by atoms with E-state index >= 15 is 0 Å². The highest BCUT2D eigenvalue weighted by molar-refractivity contribution is 7.09. The predicted octanol–water partition coefficient (Wildman–Crippen LogP) is 4.89. The lowest BCUT2D eigenvalue weighted by Crippen LogP contribution is -2.40. The summed E-state index contributed by atoms with van der Waals surface area (Å²) in [5, 5.41) is 3.32. The topological polar surface area (TPSA) is 22.1 Å². The summed E-state index contributed by atoms with van der Waals surface area (Å²) in [5.74, 6) is 3.20. The molecule has 0 radical (unpaired) electrons. The maximum absolute atomic E-state index is 6.19. The molecule has 112 valence electrons. The Labute approximate surface area is 130 Å². The Balaban J connectivity index is 2.68. The van der Waals surface area contributed by atoms with Gasteiger partial charge in [0.15, 0.2) is 8.32 Å². The zero-order chi connectivity index (χ0) is 15.6. The van der Waals surface area contributed by atoms with Crippen molar-refractivity contribution in [3.05, 3.63) is 16.1 Å². The molecule has 0 aromatic carbocycles. The van der Waals surface area contributed by atoms with Crippen molar-refractivity contribution in [3.63, 3.8) is 0 Å². The van der Waals surface area contributed by atoms with Crippen molar-refractivity contribution in [2.45, 2.75) is 65.2 Å². The van der Waals surface area contributed by atoms with Gasteiger partial charge < -0.3 is 4.43 Å². The van der Waals surface area contributed by atoms with Gasteiger partial charge in [0.1, 0.15) is 18.8 Å². The van der Waals surface area contributed by atoms with E-state index < -0.39 is 16.4 Å². The smallest absolute Gasteiger partial charge is 0.192 e. The van der Waals surface area contributed by atoms with Gasteiger partial charge in [-0.05, 0) is 18.1 Å². The second-order valence-electron chi connectivity index (χ2n) is 7.68. The third kappa shape index (κ3) is 5.53. The summed E-state index contributed by atoms with van der Waals surface area (Å²) in [5.41, 5.74) is 4.24. The summed E-state index contributed by atoms with van der Waals surface area (Å²) in [4.78, 5) is 4.56. The fourth-order valence-corrected chi connectivity index (χ4v) is 3.32. The first-order valence-electron chi connectivity index (χ1n) is 7.02. The molecule has 0 bridgehead atoms. The van der Waals surface area contributed by atoms with Crippen LogP contribution in [0.4, 0.5) is 0 Å². The fourth-order valence-electron chi connectivity index (χ4n) is 1.14. The Morgan fingerprint density at radius 1 is 1.20 bits per heavy atom. The van der Waals surface area contributed by atoms with Crippen LogP contribution in [0.5, 0.6) is 0 Å². The van der Waals surface area contributed by atoms with Gasteiger partial charge in [0.05, 0.1) is 6.61 Å². The number of hydrogen-bond acceptors (Lipinski definition) is 3. The summed E-state index contributed by atoms with van der Waals surface area (Å²) in [6.07, 6.45) is 0. The zero-order valence-corrected chi connectivity index (χ0v) is 16.9. The van der Waals surface area contributed by atoms with Crippen LogP contribution in [0.2, 0.25) is 37.8 Å². The van der Waals surface area contributed by atoms with Gasteiger partial charge in [0.2, 0.25) is 0 Å². The maximum Gasteiger partial charge on any atom is 0.192 e. The van der Waals surface area contributed by atoms with E-state index in [9.17, 15) is 0 Å². The predicted molar refractivity (Wildman–Crippen MR) is 94.3 cm³/mol. The van der Waals surface area contributed by atoms with E-state index in [1.165, 1.54) is 0 Å². The maximum atomic E-state index is 6.19. The van der Waals surface area contributed by atoms with E-state index in [-0.39, 0.29) is 5.04 Å². The first-order valence-corrected chi connectivity index (χ1v) is 14.3. The van der Waals surface area contributed by atoms with Crippen molar-refractivity contribution in [1.82, 2.24) is 4.98 Å². The minimum absolute atomic E-state index is 0.241. The van der Waals surface area contributed by atoms with Crippen molar-refractivity contribution in [2.75, 3.05) is 0 Å². The molecular weight excluding hydrogens is 298 g/mol. The van der Waals surface area contributed by atoms with E-state index in [2.05, 4.69) is 70.0 Å². The molecule has 0 N–H and O–H groups in total. The molecule has 5 heteroatoms. The van der Waals surface area contributed by atoms with Gasteiger partial charge >= 0.3 is 0 Å². The van der Waals surface area contributed by atoms with E-state index in [0.717, 1.165) is 10.7 Å². The highest BCUT2D eigenvalue weighted by atomic mass is 32.1. The van der Waals surface area contributed by atoms with Crippen LogP contribution in [0.1, 0.15) is 31.5 Å². The lowest BCUT2D eigenvalue weighted by Gasteiger charge is -2.35. The zero-order valence-electron chi connectivity index (χ0n) is 14.0. The third-order valence-corrected chi connectivity index (χ3v) is 9.66. The Morgan fingerprint density at radius 3 is 2.30 bits per heavy atom. The molecule has 0 atom stereocenters. The molecule has 0 unspecified atom stereocenters. The van der Waals surface area contributed by atoms with Gasteiger partial charge in [0, 0.05) is 5.38 Å². The molecule has 1 rings (SSSR count). The van der Waals surface area contributed by atoms with Crippen LogP contribution >= 0.6 is 11.3 Å². The van der Waals surface area contributed by atoms with Gasteiger partial charge in [-0.1, -0.05) is 46.3 Å². The molecule has 0 aliphatic carbocycles. The molecule has 0 fully saturated rings. The van der Waals surface area contributed by atoms with Crippen LogP contribution in [-0.4, -0.2) is 21.4 Å². The molecule has 1 aromatic rings. The lowest BCUT2D eigenvalue weighted by atomic mass is 10.2. The SMILES string of the molecule is CC(C)(C)[Si](C)(C)OCc1nc(C#C[Si](C)(C)C)cs1. The molecule has 0 spiro atoms. The minimum Gasteiger partial charge on any atom is -0.410 e. The summed E-state index contributed by atoms with van der Waals surface area (Å²) in [6.45, 7) is 18.7. The molecule has 0 saturated carbocycles. The van der Waals surface area contributed by atoms with Crippen LogP contribution < -0.4 is 0 Å². The van der Waals surface area contributed by atoms with Crippen LogP contribution in [0, 0.1) is 11.5 Å². The molecule has 0 aliphatic heterocycles. The van der Waals surface area contributed by atoms with Crippen LogP contribution in [0.15, 0.2) is 5.38 Å². The monoisotopic (exact) mass is 325 g/mol. The molecule has 0 saturated heterocycles. The van der Waals surface area contributed by atoms with Crippen LogP contribution in [-0.2, 0) is 11.0 Å². The third-order valence-electron chi connectivity index (χ3n) is 3.48. The second kappa shape index (κ2) is 6.14. The molecule has 20 heavy (non-hydrogen) atoms. The minimum atomic E-state index is -1.69. The quantitative estimate of drug-likeness (QED) is 0.583.